The van der Waals surface area contributed by atoms with Crippen molar-refractivity contribution < 1.29 is 14.3 Å². The summed E-state index contributed by atoms with van der Waals surface area (Å²) in [7, 11) is 1.33. The lowest BCUT2D eigenvalue weighted by Crippen LogP contribution is -2.31. The van der Waals surface area contributed by atoms with Gasteiger partial charge in [0.2, 0.25) is 5.91 Å². The van der Waals surface area contributed by atoms with Crippen molar-refractivity contribution in [3.8, 4) is 0 Å². The second kappa shape index (κ2) is 7.14. The van der Waals surface area contributed by atoms with E-state index in [9.17, 15) is 9.59 Å². The van der Waals surface area contributed by atoms with Crippen molar-refractivity contribution >= 4 is 23.5 Å². The molecule has 0 aliphatic carbocycles. The fourth-order valence-corrected chi connectivity index (χ4v) is 1.95. The molecule has 1 atom stereocenters. The summed E-state index contributed by atoms with van der Waals surface area (Å²) in [6.45, 7) is 3.94. The predicted octanol–water partition coefficient (Wildman–Crippen LogP) is 2.26. The van der Waals surface area contributed by atoms with E-state index in [1.807, 2.05) is 32.0 Å². The van der Waals surface area contributed by atoms with E-state index < -0.39 is 6.04 Å². The van der Waals surface area contributed by atoms with Gasteiger partial charge in [-0.2, -0.15) is 0 Å². The number of halogens is 1. The van der Waals surface area contributed by atoms with Crippen LogP contribution in [0.1, 0.15) is 29.2 Å². The number of hydrogen-bond acceptors (Lipinski definition) is 3. The average molecular weight is 284 g/mol. The third-order valence-electron chi connectivity index (χ3n) is 3.08. The summed E-state index contributed by atoms with van der Waals surface area (Å²) < 4.78 is 4.66. The van der Waals surface area contributed by atoms with Gasteiger partial charge in [-0.3, -0.25) is 9.59 Å². The Morgan fingerprint density at radius 2 is 2.05 bits per heavy atom. The molecular weight excluding hydrogens is 266 g/mol. The van der Waals surface area contributed by atoms with Gasteiger partial charge in [-0.1, -0.05) is 18.2 Å². The summed E-state index contributed by atoms with van der Waals surface area (Å²) in [4.78, 5) is 22.9. The molecule has 0 aliphatic heterocycles. The maximum absolute atomic E-state index is 11.5. The van der Waals surface area contributed by atoms with Crippen LogP contribution in [-0.4, -0.2) is 24.9 Å². The number of carbonyl (C=O) groups is 2. The Hall–Kier alpha value is -1.55. The van der Waals surface area contributed by atoms with Gasteiger partial charge in [-0.25, -0.2) is 0 Å². The summed E-state index contributed by atoms with van der Waals surface area (Å²) in [6, 6.07) is 5.36. The van der Waals surface area contributed by atoms with Gasteiger partial charge in [-0.05, 0) is 30.5 Å². The number of alkyl halides is 1. The predicted molar refractivity (Wildman–Crippen MR) is 74.2 cm³/mol. The second-order valence-corrected chi connectivity index (χ2v) is 4.59. The summed E-state index contributed by atoms with van der Waals surface area (Å²) in [5, 5.41) is 2.74. The number of rotatable bonds is 5. The Labute approximate surface area is 118 Å². The molecule has 0 spiro atoms. The van der Waals surface area contributed by atoms with Gasteiger partial charge in [0.05, 0.1) is 19.6 Å². The van der Waals surface area contributed by atoms with Gasteiger partial charge in [-0.15, -0.1) is 11.6 Å². The van der Waals surface area contributed by atoms with Crippen LogP contribution in [0.3, 0.4) is 0 Å². The Morgan fingerprint density at radius 3 is 2.63 bits per heavy atom. The molecule has 0 saturated heterocycles. The van der Waals surface area contributed by atoms with Gasteiger partial charge in [0.1, 0.15) is 5.88 Å². The number of hydrogen-bond donors (Lipinski definition) is 1. The lowest BCUT2D eigenvalue weighted by molar-refractivity contribution is -0.141. The normalized spacial score (nSPS) is 11.8. The molecule has 0 radical (unpaired) electrons. The third-order valence-corrected chi connectivity index (χ3v) is 3.32. The molecule has 19 heavy (non-hydrogen) atoms. The molecule has 0 aromatic heterocycles. The topological polar surface area (TPSA) is 55.4 Å². The first kappa shape index (κ1) is 15.5. The van der Waals surface area contributed by atoms with E-state index in [0.717, 1.165) is 16.7 Å². The van der Waals surface area contributed by atoms with Crippen LogP contribution < -0.4 is 5.32 Å². The Kier molecular flexibility index (Phi) is 5.83. The summed E-state index contributed by atoms with van der Waals surface area (Å²) >= 11 is 5.50. The number of carbonyl (C=O) groups excluding carboxylic acids is 2. The fraction of sp³-hybridized carbons (Fsp3) is 0.429. The Balaban J connectivity index is 3.04. The lowest BCUT2D eigenvalue weighted by Gasteiger charge is -2.20. The minimum absolute atomic E-state index is 0.0867. The zero-order chi connectivity index (χ0) is 14.4. The monoisotopic (exact) mass is 283 g/mol. The van der Waals surface area contributed by atoms with Crippen LogP contribution in [0, 0.1) is 13.8 Å². The molecule has 0 saturated carbocycles. The largest absolute Gasteiger partial charge is 0.469 e. The first-order valence-corrected chi connectivity index (χ1v) is 6.51. The van der Waals surface area contributed by atoms with E-state index in [4.69, 9.17) is 11.6 Å². The number of nitrogens with one attached hydrogen (secondary N) is 1. The van der Waals surface area contributed by atoms with Crippen LogP contribution in [-0.2, 0) is 14.3 Å². The van der Waals surface area contributed by atoms with E-state index in [1.165, 1.54) is 7.11 Å². The number of aryl methyl sites for hydroxylation is 1. The van der Waals surface area contributed by atoms with E-state index in [1.54, 1.807) is 0 Å². The molecule has 1 aromatic carbocycles. The standard InChI is InChI=1S/C14H18ClNO3/c1-9-5-4-6-11(10(9)2)12(7-14(18)19-3)16-13(17)8-15/h4-6,12H,7-8H2,1-3H3,(H,16,17). The van der Waals surface area contributed by atoms with Crippen LogP contribution >= 0.6 is 11.6 Å². The number of esters is 1. The third kappa shape index (κ3) is 4.24. The highest BCUT2D eigenvalue weighted by atomic mass is 35.5. The van der Waals surface area contributed by atoms with Gasteiger partial charge < -0.3 is 10.1 Å². The van der Waals surface area contributed by atoms with Crippen molar-refractivity contribution in [2.45, 2.75) is 26.3 Å². The van der Waals surface area contributed by atoms with Gasteiger partial charge in [0, 0.05) is 0 Å². The minimum Gasteiger partial charge on any atom is -0.469 e. The van der Waals surface area contributed by atoms with Crippen molar-refractivity contribution in [3.05, 3.63) is 34.9 Å². The average Bonchev–Trinajstić information content (AvgIpc) is 2.40. The highest BCUT2D eigenvalue weighted by Gasteiger charge is 2.20. The van der Waals surface area contributed by atoms with Crippen LogP contribution in [0.2, 0.25) is 0 Å². The van der Waals surface area contributed by atoms with Crippen molar-refractivity contribution in [1.82, 2.24) is 5.32 Å². The Bertz CT molecular complexity index is 456. The summed E-state index contributed by atoms with van der Waals surface area (Å²) in [6.07, 6.45) is 0.0867. The number of amides is 1. The smallest absolute Gasteiger partial charge is 0.307 e. The molecular formula is C14H18ClNO3. The molecule has 1 rings (SSSR count). The molecule has 1 amide bonds. The van der Waals surface area contributed by atoms with E-state index >= 15 is 0 Å². The first-order valence-electron chi connectivity index (χ1n) is 5.97. The molecule has 0 fully saturated rings. The lowest BCUT2D eigenvalue weighted by atomic mass is 9.95. The number of methoxy groups -OCH3 is 1. The Morgan fingerprint density at radius 1 is 1.37 bits per heavy atom. The zero-order valence-corrected chi connectivity index (χ0v) is 12.1. The molecule has 1 aromatic rings. The van der Waals surface area contributed by atoms with Crippen molar-refractivity contribution in [2.24, 2.45) is 0 Å². The highest BCUT2D eigenvalue weighted by Crippen LogP contribution is 2.23. The molecule has 1 unspecified atom stereocenters. The quantitative estimate of drug-likeness (QED) is 0.666. The molecule has 104 valence electrons. The fourth-order valence-electron chi connectivity index (χ4n) is 1.87. The van der Waals surface area contributed by atoms with E-state index in [-0.39, 0.29) is 24.2 Å². The molecule has 0 aliphatic rings. The summed E-state index contributed by atoms with van der Waals surface area (Å²) in [5.41, 5.74) is 3.06. The van der Waals surface area contributed by atoms with E-state index in [2.05, 4.69) is 10.1 Å². The second-order valence-electron chi connectivity index (χ2n) is 4.32. The van der Waals surface area contributed by atoms with Gasteiger partial charge >= 0.3 is 5.97 Å². The van der Waals surface area contributed by atoms with Crippen molar-refractivity contribution in [1.29, 1.82) is 0 Å². The molecule has 1 N–H and O–H groups in total. The SMILES string of the molecule is COC(=O)CC(NC(=O)CCl)c1cccc(C)c1C. The highest BCUT2D eigenvalue weighted by molar-refractivity contribution is 6.27. The maximum Gasteiger partial charge on any atom is 0.307 e. The van der Waals surface area contributed by atoms with Crippen LogP contribution in [0.15, 0.2) is 18.2 Å². The molecule has 4 nitrogen and oxygen atoms in total. The van der Waals surface area contributed by atoms with Crippen LogP contribution in [0.5, 0.6) is 0 Å². The van der Waals surface area contributed by atoms with Crippen molar-refractivity contribution in [2.75, 3.05) is 13.0 Å². The first-order chi connectivity index (χ1) is 8.99. The molecule has 0 bridgehead atoms. The van der Waals surface area contributed by atoms with Gasteiger partial charge in [0.25, 0.3) is 0 Å². The molecule has 5 heteroatoms. The number of benzene rings is 1. The molecule has 0 heterocycles. The van der Waals surface area contributed by atoms with Gasteiger partial charge in [0.15, 0.2) is 0 Å². The summed E-state index contributed by atoms with van der Waals surface area (Å²) in [5.74, 6) is -0.819. The van der Waals surface area contributed by atoms with E-state index in [0.29, 0.717) is 0 Å². The minimum atomic E-state index is -0.418. The maximum atomic E-state index is 11.5. The zero-order valence-electron chi connectivity index (χ0n) is 11.3. The van der Waals surface area contributed by atoms with Crippen molar-refractivity contribution in [3.63, 3.8) is 0 Å². The van der Waals surface area contributed by atoms with Crippen LogP contribution in [0.25, 0.3) is 0 Å². The number of ether oxygens (including phenoxy) is 1. The van der Waals surface area contributed by atoms with Crippen LogP contribution in [0.4, 0.5) is 0 Å².